The summed E-state index contributed by atoms with van der Waals surface area (Å²) in [6.45, 7) is 18.5. The number of aromatic nitrogens is 2. The van der Waals surface area contributed by atoms with E-state index in [2.05, 4.69) is 77.2 Å². The smallest absolute Gasteiger partial charge is 0.408 e. The number of alkyl carbamates (subject to hydrolysis) is 1. The number of esters is 1. The summed E-state index contributed by atoms with van der Waals surface area (Å²) < 4.78 is 20.0. The van der Waals surface area contributed by atoms with Gasteiger partial charge in [0.15, 0.2) is 0 Å². The van der Waals surface area contributed by atoms with Crippen LogP contribution in [0, 0.1) is 5.41 Å². The Kier molecular flexibility index (Phi) is 12.7. The van der Waals surface area contributed by atoms with Gasteiger partial charge in [0.2, 0.25) is 0 Å². The van der Waals surface area contributed by atoms with Crippen LogP contribution in [-0.4, -0.2) is 114 Å². The predicted molar refractivity (Wildman–Crippen MR) is 236 cm³/mol. The third-order valence-corrected chi connectivity index (χ3v) is 12.0. The number of aromatic hydroxyl groups is 1. The lowest BCUT2D eigenvalue weighted by Gasteiger charge is -2.35. The SMILES string of the molecule is CCn1c(-c2cc(N3CCN(C)CC3)cnc2[C@H](C)OC)c2c3cc(ccc31)-c1cc(O)cc(c1)C[C@H](NC(=O)OC(C)(C)C)C(=O)N1CCC[C@H](N1)C(=O)OCC(C)(C)C2. The fourth-order valence-electron chi connectivity index (χ4n) is 8.79. The maximum atomic E-state index is 14.2. The van der Waals surface area contributed by atoms with E-state index in [1.54, 1.807) is 40.0 Å². The molecule has 0 saturated carbocycles. The molecule has 0 unspecified atom stereocenters. The number of carbonyl (C=O) groups excluding carboxylic acids is 3. The van der Waals surface area contributed by atoms with Crippen LogP contribution in [-0.2, 0) is 43.2 Å². The van der Waals surface area contributed by atoms with Crippen LogP contribution in [0.25, 0.3) is 33.3 Å². The van der Waals surface area contributed by atoms with Crippen LogP contribution in [0.2, 0.25) is 0 Å². The van der Waals surface area contributed by atoms with Gasteiger partial charge in [0, 0.05) is 74.7 Å². The zero-order chi connectivity index (χ0) is 43.8. The van der Waals surface area contributed by atoms with Crippen molar-refractivity contribution >= 4 is 34.6 Å². The first-order chi connectivity index (χ1) is 28.9. The largest absolute Gasteiger partial charge is 0.508 e. The van der Waals surface area contributed by atoms with Crippen LogP contribution < -0.4 is 15.6 Å². The van der Waals surface area contributed by atoms with Gasteiger partial charge in [0.05, 0.1) is 36.0 Å². The summed E-state index contributed by atoms with van der Waals surface area (Å²) in [7, 11) is 3.86. The number of nitrogens with one attached hydrogen (secondary N) is 2. The molecule has 328 valence electrons. The fourth-order valence-corrected chi connectivity index (χ4v) is 8.79. The second-order valence-electron chi connectivity index (χ2n) is 18.7. The molecule has 4 aromatic rings. The van der Waals surface area contributed by atoms with Crippen molar-refractivity contribution in [2.45, 2.75) is 104 Å². The van der Waals surface area contributed by atoms with Gasteiger partial charge in [0.1, 0.15) is 23.4 Å². The van der Waals surface area contributed by atoms with Gasteiger partial charge in [0.25, 0.3) is 5.91 Å². The molecule has 2 aromatic carbocycles. The Morgan fingerprint density at radius 3 is 2.52 bits per heavy atom. The minimum absolute atomic E-state index is 0.0301. The van der Waals surface area contributed by atoms with Gasteiger partial charge in [-0.05, 0) is 114 Å². The van der Waals surface area contributed by atoms with E-state index in [4.69, 9.17) is 19.2 Å². The minimum Gasteiger partial charge on any atom is -0.508 e. The number of phenols is 1. The summed E-state index contributed by atoms with van der Waals surface area (Å²) in [4.78, 5) is 51.1. The summed E-state index contributed by atoms with van der Waals surface area (Å²) in [6.07, 6.45) is 2.60. The third-order valence-electron chi connectivity index (χ3n) is 12.0. The molecular formula is C47H63N7O7. The van der Waals surface area contributed by atoms with Crippen molar-refractivity contribution in [3.05, 3.63) is 65.5 Å². The molecule has 3 aliphatic rings. The Morgan fingerprint density at radius 1 is 1.07 bits per heavy atom. The number of hydrogen-bond acceptors (Lipinski definition) is 11. The molecule has 0 aliphatic carbocycles. The molecule has 2 saturated heterocycles. The average Bonchev–Trinajstić information content (AvgIpc) is 3.52. The van der Waals surface area contributed by atoms with Gasteiger partial charge in [-0.3, -0.25) is 19.6 Å². The molecule has 14 nitrogen and oxygen atoms in total. The molecule has 2 fully saturated rings. The number of amides is 2. The lowest BCUT2D eigenvalue weighted by Crippen LogP contribution is -2.60. The van der Waals surface area contributed by atoms with Gasteiger partial charge < -0.3 is 39.0 Å². The summed E-state index contributed by atoms with van der Waals surface area (Å²) >= 11 is 0. The highest BCUT2D eigenvalue weighted by molar-refractivity contribution is 5.96. The number of carbonyl (C=O) groups is 3. The van der Waals surface area contributed by atoms with Crippen molar-refractivity contribution in [1.29, 1.82) is 0 Å². The van der Waals surface area contributed by atoms with Crippen molar-refractivity contribution in [2.75, 3.05) is 58.4 Å². The van der Waals surface area contributed by atoms with Crippen LogP contribution in [0.15, 0.2) is 48.7 Å². The first-order valence-corrected chi connectivity index (χ1v) is 21.6. The number of methoxy groups -OCH3 is 1. The Labute approximate surface area is 359 Å². The van der Waals surface area contributed by atoms with Crippen LogP contribution in [0.1, 0.15) is 84.2 Å². The number of hydrazine groups is 1. The van der Waals surface area contributed by atoms with Crippen molar-refractivity contribution < 1.29 is 33.7 Å². The van der Waals surface area contributed by atoms with Gasteiger partial charge in [-0.25, -0.2) is 10.2 Å². The number of phenolic OH excluding ortho intramolecular Hbond substituents is 1. The summed E-state index contributed by atoms with van der Waals surface area (Å²) in [6, 6.07) is 12.1. The number of anilines is 1. The van der Waals surface area contributed by atoms with E-state index in [9.17, 15) is 19.5 Å². The second-order valence-corrected chi connectivity index (χ2v) is 18.7. The van der Waals surface area contributed by atoms with E-state index in [-0.39, 0.29) is 24.9 Å². The van der Waals surface area contributed by atoms with E-state index >= 15 is 0 Å². The number of nitrogens with zero attached hydrogens (tertiary/aromatic N) is 5. The Balaban J connectivity index is 1.41. The number of ether oxygens (including phenoxy) is 3. The van der Waals surface area contributed by atoms with E-state index in [1.165, 1.54) is 5.01 Å². The van der Waals surface area contributed by atoms with Crippen molar-refractivity contribution in [3.8, 4) is 28.1 Å². The minimum atomic E-state index is -1.07. The van der Waals surface area contributed by atoms with Gasteiger partial charge in [-0.1, -0.05) is 26.0 Å². The van der Waals surface area contributed by atoms with E-state index in [0.717, 1.165) is 76.4 Å². The molecule has 3 aliphatic heterocycles. The molecule has 14 heteroatoms. The molecule has 0 spiro atoms. The van der Waals surface area contributed by atoms with E-state index in [0.29, 0.717) is 37.9 Å². The maximum Gasteiger partial charge on any atom is 0.408 e. The van der Waals surface area contributed by atoms with Crippen molar-refractivity contribution in [3.63, 3.8) is 0 Å². The van der Waals surface area contributed by atoms with Crippen LogP contribution in [0.4, 0.5) is 10.5 Å². The Hall–Kier alpha value is -5.18. The van der Waals surface area contributed by atoms with Crippen molar-refractivity contribution in [2.24, 2.45) is 5.41 Å². The molecule has 3 atom stereocenters. The standard InChI is InChI=1S/C47H63N7O7/c1-10-53-40-14-13-31-24-35(40)37(42(53)36-25-33(27-48-41(36)29(2)59-9)52-18-16-51(8)17-19-52)26-47(6,7)28-60-44(57)38-12-11-15-54(50-38)43(56)39(49-45(58)61-46(3,4)5)22-30-20-32(31)23-34(55)21-30/h13-14,20-21,23-25,27,29,38-39,50,55H,10-12,15-19,22,26,28H2,1-9H3,(H,49,58)/t29-,38-,39-/m0/s1. The summed E-state index contributed by atoms with van der Waals surface area (Å²) in [5, 5.41) is 16.4. The third kappa shape index (κ3) is 9.82. The number of fused-ring (bicyclic) bond motifs is 6. The molecule has 61 heavy (non-hydrogen) atoms. The predicted octanol–water partition coefficient (Wildman–Crippen LogP) is 6.61. The van der Waals surface area contributed by atoms with Crippen LogP contribution in [0.5, 0.6) is 5.75 Å². The van der Waals surface area contributed by atoms with Crippen LogP contribution in [0.3, 0.4) is 0 Å². The molecule has 2 aromatic heterocycles. The molecule has 5 heterocycles. The molecule has 6 bridgehead atoms. The lowest BCUT2D eigenvalue weighted by molar-refractivity contribution is -0.155. The van der Waals surface area contributed by atoms with Gasteiger partial charge in [-0.15, -0.1) is 0 Å². The highest BCUT2D eigenvalue weighted by Crippen LogP contribution is 2.43. The number of benzene rings is 2. The normalized spacial score (nSPS) is 20.9. The van der Waals surface area contributed by atoms with E-state index < -0.39 is 41.1 Å². The molecule has 2 amide bonds. The fraction of sp³-hybridized carbons (Fsp3) is 0.532. The zero-order valence-electron chi connectivity index (χ0n) is 37.3. The van der Waals surface area contributed by atoms with E-state index in [1.807, 2.05) is 19.2 Å². The van der Waals surface area contributed by atoms with Gasteiger partial charge in [-0.2, -0.15) is 0 Å². The first kappa shape index (κ1) is 43.9. The summed E-state index contributed by atoms with van der Waals surface area (Å²) in [5.41, 5.74) is 10.1. The quantitative estimate of drug-likeness (QED) is 0.180. The number of rotatable bonds is 6. The van der Waals surface area contributed by atoms with Gasteiger partial charge >= 0.3 is 12.1 Å². The Bertz CT molecular complexity index is 2270. The van der Waals surface area contributed by atoms with Crippen molar-refractivity contribution in [1.82, 2.24) is 30.2 Å². The molecule has 7 rings (SSSR count). The highest BCUT2D eigenvalue weighted by Gasteiger charge is 2.36. The molecular weight excluding hydrogens is 775 g/mol. The topological polar surface area (TPSA) is 151 Å². The zero-order valence-corrected chi connectivity index (χ0v) is 37.3. The lowest BCUT2D eigenvalue weighted by atomic mass is 9.84. The Morgan fingerprint density at radius 2 is 1.82 bits per heavy atom. The number of piperazine rings is 1. The number of hydrogen-bond donors (Lipinski definition) is 3. The highest BCUT2D eigenvalue weighted by atomic mass is 16.6. The average molecular weight is 838 g/mol. The number of likely N-dealkylation sites (N-methyl/N-ethyl adjacent to an activating group) is 1. The molecule has 0 radical (unpaired) electrons. The number of aryl methyl sites for hydroxylation is 1. The second kappa shape index (κ2) is 17.7. The monoisotopic (exact) mass is 837 g/mol. The first-order valence-electron chi connectivity index (χ1n) is 21.6. The maximum absolute atomic E-state index is 14.2. The summed E-state index contributed by atoms with van der Waals surface area (Å²) in [5.74, 6) is -0.843. The number of pyridine rings is 1. The molecule has 3 N–H and O–H groups in total. The number of cyclic esters (lactones) is 1. The van der Waals surface area contributed by atoms with Crippen LogP contribution >= 0.6 is 0 Å².